The summed E-state index contributed by atoms with van der Waals surface area (Å²) in [6, 6.07) is 2.87. The van der Waals surface area contributed by atoms with Gasteiger partial charge >= 0.3 is 24.3 Å². The van der Waals surface area contributed by atoms with Crippen LogP contribution in [-0.2, 0) is 9.59 Å². The van der Waals surface area contributed by atoms with Crippen LogP contribution in [0, 0.1) is 11.3 Å². The van der Waals surface area contributed by atoms with Crippen molar-refractivity contribution in [2.24, 2.45) is 0 Å². The maximum atomic E-state index is 10.6. The first kappa shape index (κ1) is 21.7. The second-order valence-electron chi connectivity index (χ2n) is 4.32. The molecular formula is C11H11F6N3O4. The summed E-state index contributed by atoms with van der Waals surface area (Å²) in [6.07, 6.45) is -8.15. The number of rotatable bonds is 0. The van der Waals surface area contributed by atoms with Crippen molar-refractivity contribution >= 4 is 11.9 Å². The maximum absolute atomic E-state index is 10.6. The van der Waals surface area contributed by atoms with Gasteiger partial charge in [0.2, 0.25) is 0 Å². The van der Waals surface area contributed by atoms with Gasteiger partial charge in [-0.2, -0.15) is 31.6 Å². The van der Waals surface area contributed by atoms with E-state index in [4.69, 9.17) is 25.1 Å². The van der Waals surface area contributed by atoms with Gasteiger partial charge in [-0.1, -0.05) is 6.08 Å². The number of carboxylic acid groups (broad SMARTS) is 2. The van der Waals surface area contributed by atoms with E-state index >= 15 is 0 Å². The lowest BCUT2D eigenvalue weighted by Crippen LogP contribution is -2.50. The number of carboxylic acids is 2. The second kappa shape index (κ2) is 8.50. The third-order valence-corrected chi connectivity index (χ3v) is 2.50. The monoisotopic (exact) mass is 363 g/mol. The first-order valence-corrected chi connectivity index (χ1v) is 5.97. The Morgan fingerprint density at radius 3 is 1.79 bits per heavy atom. The first-order chi connectivity index (χ1) is 10.8. The molecule has 2 heterocycles. The fourth-order valence-electron chi connectivity index (χ4n) is 1.51. The van der Waals surface area contributed by atoms with Crippen molar-refractivity contribution in [1.29, 1.82) is 5.26 Å². The van der Waals surface area contributed by atoms with Crippen LogP contribution in [0.15, 0.2) is 11.6 Å². The Kier molecular flexibility index (Phi) is 7.68. The Labute approximate surface area is 130 Å². The molecule has 1 saturated heterocycles. The molecular weight excluding hydrogens is 352 g/mol. The lowest BCUT2D eigenvalue weighted by molar-refractivity contribution is -0.193. The zero-order valence-electron chi connectivity index (χ0n) is 11.6. The molecule has 0 amide bonds. The van der Waals surface area contributed by atoms with Crippen LogP contribution in [-0.4, -0.2) is 59.7 Å². The number of nitrogens with zero attached hydrogens (tertiary/aromatic N) is 1. The van der Waals surface area contributed by atoms with Crippen LogP contribution in [0.4, 0.5) is 26.3 Å². The van der Waals surface area contributed by atoms with Crippen LogP contribution in [0.1, 0.15) is 0 Å². The van der Waals surface area contributed by atoms with E-state index in [1.165, 1.54) is 0 Å². The molecule has 0 aromatic carbocycles. The van der Waals surface area contributed by atoms with Gasteiger partial charge in [0.05, 0.1) is 12.1 Å². The molecule has 4 N–H and O–H groups in total. The predicted molar refractivity (Wildman–Crippen MR) is 64.7 cm³/mol. The van der Waals surface area contributed by atoms with E-state index in [0.29, 0.717) is 6.04 Å². The van der Waals surface area contributed by atoms with Gasteiger partial charge in [0.15, 0.2) is 0 Å². The van der Waals surface area contributed by atoms with E-state index in [0.717, 1.165) is 18.7 Å². The van der Waals surface area contributed by atoms with Crippen LogP contribution in [0.5, 0.6) is 0 Å². The third-order valence-electron chi connectivity index (χ3n) is 2.50. The number of nitriles is 1. The molecule has 7 nitrogen and oxygen atoms in total. The summed E-state index contributed by atoms with van der Waals surface area (Å²) in [6.45, 7) is 1.86. The van der Waals surface area contributed by atoms with Crippen molar-refractivity contribution in [2.45, 2.75) is 24.4 Å². The zero-order chi connectivity index (χ0) is 19.1. The molecule has 136 valence electrons. The molecule has 2 aliphatic rings. The number of halogens is 6. The number of hydrogen-bond acceptors (Lipinski definition) is 5. The number of aliphatic carboxylic acids is 2. The number of hydrogen-bond donors (Lipinski definition) is 4. The van der Waals surface area contributed by atoms with Crippen LogP contribution < -0.4 is 10.6 Å². The summed E-state index contributed by atoms with van der Waals surface area (Å²) in [5.41, 5.74) is 0.898. The highest BCUT2D eigenvalue weighted by atomic mass is 19.4. The van der Waals surface area contributed by atoms with Gasteiger partial charge in [-0.15, -0.1) is 0 Å². The molecule has 0 spiro atoms. The Morgan fingerprint density at radius 2 is 1.50 bits per heavy atom. The fraction of sp³-hybridized carbons (Fsp3) is 0.545. The van der Waals surface area contributed by atoms with Crippen LogP contribution in [0.2, 0.25) is 0 Å². The minimum atomic E-state index is -5.08. The van der Waals surface area contributed by atoms with E-state index in [1.807, 2.05) is 6.08 Å². The van der Waals surface area contributed by atoms with Gasteiger partial charge < -0.3 is 20.8 Å². The molecule has 0 aromatic rings. The standard InChI is InChI=1S/C7H9N3.2C2HF3O2/c8-2-5-1-6-3-9-4-7(5)10-6;2*3-2(4,5)1(6)7/h1,6-7,9-10H,3-4H2;2*(H,6,7). The smallest absolute Gasteiger partial charge is 0.475 e. The van der Waals surface area contributed by atoms with Crippen molar-refractivity contribution in [2.75, 3.05) is 13.1 Å². The average molecular weight is 363 g/mol. The molecule has 2 unspecified atom stereocenters. The number of fused-ring (bicyclic) bond motifs is 2. The van der Waals surface area contributed by atoms with Crippen molar-refractivity contribution in [3.05, 3.63) is 11.6 Å². The van der Waals surface area contributed by atoms with Crippen LogP contribution in [0.3, 0.4) is 0 Å². The lowest BCUT2D eigenvalue weighted by atomic mass is 10.1. The van der Waals surface area contributed by atoms with Gasteiger partial charge in [0.25, 0.3) is 0 Å². The fourth-order valence-corrected chi connectivity index (χ4v) is 1.51. The van der Waals surface area contributed by atoms with Crippen molar-refractivity contribution in [3.63, 3.8) is 0 Å². The number of alkyl halides is 6. The van der Waals surface area contributed by atoms with E-state index < -0.39 is 24.3 Å². The van der Waals surface area contributed by atoms with E-state index in [9.17, 15) is 26.3 Å². The Bertz CT molecular complexity index is 513. The number of carbonyl (C=O) groups is 2. The van der Waals surface area contributed by atoms with Crippen LogP contribution in [0.25, 0.3) is 0 Å². The number of piperazine rings is 1. The van der Waals surface area contributed by atoms with Crippen LogP contribution >= 0.6 is 0 Å². The van der Waals surface area contributed by atoms with Crippen molar-refractivity contribution in [3.8, 4) is 6.07 Å². The zero-order valence-corrected chi connectivity index (χ0v) is 11.6. The average Bonchev–Trinajstić information content (AvgIpc) is 2.72. The molecule has 0 aliphatic carbocycles. The Balaban J connectivity index is 0.000000343. The molecule has 0 radical (unpaired) electrons. The predicted octanol–water partition coefficient (Wildman–Crippen LogP) is 0.647. The Hall–Kier alpha value is -2.33. The van der Waals surface area contributed by atoms with Gasteiger partial charge in [-0.05, 0) is 0 Å². The van der Waals surface area contributed by atoms with Gasteiger partial charge in [0, 0.05) is 24.7 Å². The van der Waals surface area contributed by atoms with E-state index in [-0.39, 0.29) is 6.04 Å². The summed E-state index contributed by atoms with van der Waals surface area (Å²) in [5, 5.41) is 29.4. The second-order valence-corrected chi connectivity index (χ2v) is 4.32. The highest BCUT2D eigenvalue weighted by Gasteiger charge is 2.38. The molecule has 0 aromatic heterocycles. The molecule has 2 rings (SSSR count). The van der Waals surface area contributed by atoms with Crippen molar-refractivity contribution < 1.29 is 46.1 Å². The highest BCUT2D eigenvalue weighted by molar-refractivity contribution is 5.73. The summed E-state index contributed by atoms with van der Waals surface area (Å²) in [7, 11) is 0. The largest absolute Gasteiger partial charge is 0.490 e. The van der Waals surface area contributed by atoms with E-state index in [1.54, 1.807) is 0 Å². The molecule has 2 aliphatic heterocycles. The number of nitrogens with one attached hydrogen (secondary N) is 2. The third kappa shape index (κ3) is 7.79. The first-order valence-electron chi connectivity index (χ1n) is 5.97. The lowest BCUT2D eigenvalue weighted by Gasteiger charge is -2.22. The maximum Gasteiger partial charge on any atom is 0.490 e. The molecule has 13 heteroatoms. The minimum absolute atomic E-state index is 0.281. The molecule has 2 bridgehead atoms. The summed E-state index contributed by atoms with van der Waals surface area (Å²) in [5.74, 6) is -5.51. The summed E-state index contributed by atoms with van der Waals surface area (Å²) < 4.78 is 63.5. The topological polar surface area (TPSA) is 122 Å². The summed E-state index contributed by atoms with van der Waals surface area (Å²) >= 11 is 0. The SMILES string of the molecule is N#CC1=CC2CNCC1N2.O=C(O)C(F)(F)F.O=C(O)C(F)(F)F. The van der Waals surface area contributed by atoms with Crippen molar-refractivity contribution in [1.82, 2.24) is 10.6 Å². The molecule has 1 fully saturated rings. The Morgan fingerprint density at radius 1 is 1.08 bits per heavy atom. The quantitative estimate of drug-likeness (QED) is 0.466. The van der Waals surface area contributed by atoms with Gasteiger partial charge in [-0.3, -0.25) is 0 Å². The normalized spacial score (nSPS) is 22.0. The molecule has 24 heavy (non-hydrogen) atoms. The van der Waals surface area contributed by atoms with Gasteiger partial charge in [-0.25, -0.2) is 9.59 Å². The summed E-state index contributed by atoms with van der Waals surface area (Å²) in [4.78, 5) is 17.8. The molecule has 0 saturated carbocycles. The molecule has 2 atom stereocenters. The van der Waals surface area contributed by atoms with Gasteiger partial charge in [0.1, 0.15) is 0 Å². The highest BCUT2D eigenvalue weighted by Crippen LogP contribution is 2.14. The minimum Gasteiger partial charge on any atom is -0.475 e. The van der Waals surface area contributed by atoms with E-state index in [2.05, 4.69) is 16.7 Å².